The first-order valence-corrected chi connectivity index (χ1v) is 13.0. The summed E-state index contributed by atoms with van der Waals surface area (Å²) in [5.74, 6) is 0. The van der Waals surface area contributed by atoms with Crippen LogP contribution in [0.2, 0.25) is 0 Å². The Morgan fingerprint density at radius 3 is 2.76 bits per heavy atom. The van der Waals surface area contributed by atoms with Crippen LogP contribution in [0.3, 0.4) is 0 Å². The zero-order valence-electron chi connectivity index (χ0n) is 21.2. The molecule has 0 bridgehead atoms. The zero-order chi connectivity index (χ0) is 24.0. The van der Waals surface area contributed by atoms with E-state index < -0.39 is 6.09 Å². The molecular formula is C26H42N4O4. The summed E-state index contributed by atoms with van der Waals surface area (Å²) in [4.78, 5) is 13.5. The van der Waals surface area contributed by atoms with Crippen molar-refractivity contribution in [2.24, 2.45) is 5.41 Å². The highest BCUT2D eigenvalue weighted by atomic mass is 16.5. The Morgan fingerprint density at radius 2 is 2.12 bits per heavy atom. The first-order chi connectivity index (χ1) is 16.5. The molecule has 3 aliphatic rings. The predicted molar refractivity (Wildman–Crippen MR) is 131 cm³/mol. The molecular weight excluding hydrogens is 432 g/mol. The molecule has 0 aromatic carbocycles. The average molecular weight is 475 g/mol. The Labute approximate surface area is 204 Å². The molecule has 8 nitrogen and oxygen atoms in total. The van der Waals surface area contributed by atoms with Crippen LogP contribution in [0.5, 0.6) is 0 Å². The molecule has 2 fully saturated rings. The van der Waals surface area contributed by atoms with Gasteiger partial charge in [-0.25, -0.2) is 9.48 Å². The second-order valence-corrected chi connectivity index (χ2v) is 10.3. The molecule has 4 rings (SSSR count). The molecule has 2 heterocycles. The van der Waals surface area contributed by atoms with Gasteiger partial charge in [-0.05, 0) is 82.2 Å². The van der Waals surface area contributed by atoms with Crippen molar-refractivity contribution in [1.29, 1.82) is 0 Å². The van der Waals surface area contributed by atoms with E-state index in [1.54, 1.807) is 7.05 Å². The summed E-state index contributed by atoms with van der Waals surface area (Å²) in [7, 11) is 5.48. The van der Waals surface area contributed by atoms with Gasteiger partial charge >= 0.3 is 6.09 Å². The van der Waals surface area contributed by atoms with Crippen molar-refractivity contribution in [2.75, 3.05) is 41.0 Å². The third-order valence-electron chi connectivity index (χ3n) is 7.95. The maximum absolute atomic E-state index is 11.4. The summed E-state index contributed by atoms with van der Waals surface area (Å²) in [6.45, 7) is 2.59. The number of carbonyl (C=O) groups is 1. The lowest BCUT2D eigenvalue weighted by Crippen LogP contribution is -2.31. The molecule has 1 aliphatic heterocycles. The fraction of sp³-hybridized carbons (Fsp3) is 0.769. The number of likely N-dealkylation sites (N-methyl/N-ethyl adjacent to an activating group) is 1. The van der Waals surface area contributed by atoms with E-state index >= 15 is 0 Å². The highest BCUT2D eigenvalue weighted by Gasteiger charge is 2.37. The molecule has 2 aliphatic carbocycles. The van der Waals surface area contributed by atoms with Gasteiger partial charge in [0.15, 0.2) is 0 Å². The van der Waals surface area contributed by atoms with Gasteiger partial charge in [-0.15, -0.1) is 0 Å². The number of nitrogens with one attached hydrogen (secondary N) is 1. The van der Waals surface area contributed by atoms with Crippen molar-refractivity contribution < 1.29 is 19.0 Å². The number of ether oxygens (including phenoxy) is 3. The van der Waals surface area contributed by atoms with Gasteiger partial charge in [0, 0.05) is 45.6 Å². The Kier molecular flexibility index (Phi) is 8.66. The van der Waals surface area contributed by atoms with Crippen molar-refractivity contribution in [3.63, 3.8) is 0 Å². The normalized spacial score (nSPS) is 27.6. The zero-order valence-corrected chi connectivity index (χ0v) is 21.2. The largest absolute Gasteiger partial charge is 0.448 e. The van der Waals surface area contributed by atoms with Crippen LogP contribution in [-0.4, -0.2) is 67.8 Å². The van der Waals surface area contributed by atoms with E-state index in [9.17, 15) is 4.79 Å². The lowest BCUT2D eigenvalue weighted by atomic mass is 9.65. The number of carbonyl (C=O) groups excluding carboxylic acids is 1. The van der Waals surface area contributed by atoms with Gasteiger partial charge in [0.2, 0.25) is 0 Å². The second kappa shape index (κ2) is 11.7. The smallest absolute Gasteiger partial charge is 0.406 e. The summed E-state index contributed by atoms with van der Waals surface area (Å²) in [5, 5.41) is 7.56. The third-order valence-corrected chi connectivity index (χ3v) is 7.95. The number of amides is 1. The summed E-state index contributed by atoms with van der Waals surface area (Å²) < 4.78 is 18.9. The van der Waals surface area contributed by atoms with Crippen LogP contribution in [0.25, 0.3) is 5.57 Å². The molecule has 1 spiro atoms. The highest BCUT2D eigenvalue weighted by molar-refractivity contribution is 5.67. The summed E-state index contributed by atoms with van der Waals surface area (Å²) in [5.41, 5.74) is 4.16. The molecule has 34 heavy (non-hydrogen) atoms. The Bertz CT molecular complexity index is 838. The van der Waals surface area contributed by atoms with Crippen molar-refractivity contribution in [2.45, 2.75) is 83.1 Å². The average Bonchev–Trinajstić information content (AvgIpc) is 3.29. The van der Waals surface area contributed by atoms with E-state index in [-0.39, 0.29) is 6.23 Å². The maximum Gasteiger partial charge on any atom is 0.406 e. The van der Waals surface area contributed by atoms with E-state index in [4.69, 9.17) is 19.3 Å². The van der Waals surface area contributed by atoms with E-state index in [2.05, 4.69) is 29.5 Å². The molecule has 1 unspecified atom stereocenters. The van der Waals surface area contributed by atoms with Gasteiger partial charge in [-0.2, -0.15) is 5.10 Å². The fourth-order valence-electron chi connectivity index (χ4n) is 5.68. The Hall–Kier alpha value is -1.90. The summed E-state index contributed by atoms with van der Waals surface area (Å²) >= 11 is 0. The van der Waals surface area contributed by atoms with Gasteiger partial charge < -0.3 is 19.5 Å². The number of methoxy groups -OCH3 is 1. The fourth-order valence-corrected chi connectivity index (χ4v) is 5.68. The molecule has 190 valence electrons. The minimum atomic E-state index is -0.392. The second-order valence-electron chi connectivity index (χ2n) is 10.3. The number of nitrogens with zero attached hydrogens (tertiary/aromatic N) is 3. The van der Waals surface area contributed by atoms with Gasteiger partial charge in [0.1, 0.15) is 12.8 Å². The lowest BCUT2D eigenvalue weighted by molar-refractivity contribution is -0.0396. The number of alkyl carbamates (subject to hydrolysis) is 1. The van der Waals surface area contributed by atoms with Crippen LogP contribution in [0.15, 0.2) is 12.3 Å². The minimum absolute atomic E-state index is 0.0306. The number of hydrogen-bond donors (Lipinski definition) is 1. The first kappa shape index (κ1) is 25.2. The van der Waals surface area contributed by atoms with Gasteiger partial charge in [-0.1, -0.05) is 6.08 Å². The minimum Gasteiger partial charge on any atom is -0.448 e. The van der Waals surface area contributed by atoms with Gasteiger partial charge in [0.05, 0.1) is 11.8 Å². The SMILES string of the molecule is CNC(=O)OCCN(C)Cc1cn(C2CCCCO2)nc1C1=CCC2(CC1)CCC(OC)CC2. The van der Waals surface area contributed by atoms with E-state index in [0.29, 0.717) is 24.7 Å². The molecule has 1 saturated carbocycles. The van der Waals surface area contributed by atoms with Gasteiger partial charge in [0.25, 0.3) is 0 Å². The van der Waals surface area contributed by atoms with Crippen LogP contribution < -0.4 is 5.32 Å². The molecule has 1 saturated heterocycles. The number of rotatable bonds is 8. The monoisotopic (exact) mass is 474 g/mol. The van der Waals surface area contributed by atoms with Crippen molar-refractivity contribution >= 4 is 11.7 Å². The van der Waals surface area contributed by atoms with Crippen LogP contribution in [0, 0.1) is 5.41 Å². The molecule has 1 amide bonds. The molecule has 1 aromatic rings. The van der Waals surface area contributed by atoms with Crippen molar-refractivity contribution in [3.8, 4) is 0 Å². The first-order valence-electron chi connectivity index (χ1n) is 13.0. The lowest BCUT2D eigenvalue weighted by Gasteiger charge is -2.42. The summed E-state index contributed by atoms with van der Waals surface area (Å²) in [6.07, 6.45) is 16.4. The topological polar surface area (TPSA) is 77.9 Å². The van der Waals surface area contributed by atoms with Crippen LogP contribution in [-0.2, 0) is 20.8 Å². The van der Waals surface area contributed by atoms with Crippen molar-refractivity contribution in [1.82, 2.24) is 20.0 Å². The Morgan fingerprint density at radius 1 is 1.29 bits per heavy atom. The van der Waals surface area contributed by atoms with E-state index in [1.807, 2.05) is 11.8 Å². The van der Waals surface area contributed by atoms with Crippen LogP contribution in [0.4, 0.5) is 4.79 Å². The Balaban J connectivity index is 1.46. The standard InChI is InChI=1S/C26H42N4O4/c1-27-25(31)34-17-15-29(2)18-21-19-30(23-6-4-5-16-33-23)28-24(21)20-7-11-26(12-8-20)13-9-22(32-3)10-14-26/h7,19,22-23H,4-6,8-18H2,1-3H3,(H,27,31). The van der Waals surface area contributed by atoms with E-state index in [1.165, 1.54) is 49.7 Å². The number of aromatic nitrogens is 2. The number of allylic oxidation sites excluding steroid dienone is 2. The maximum atomic E-state index is 11.4. The highest BCUT2D eigenvalue weighted by Crippen LogP contribution is 2.49. The third kappa shape index (κ3) is 6.20. The van der Waals surface area contributed by atoms with Gasteiger partial charge in [-0.3, -0.25) is 4.90 Å². The summed E-state index contributed by atoms with van der Waals surface area (Å²) in [6, 6.07) is 0. The van der Waals surface area contributed by atoms with Crippen molar-refractivity contribution in [3.05, 3.63) is 23.5 Å². The molecule has 0 radical (unpaired) electrons. The molecule has 1 aromatic heterocycles. The molecule has 8 heteroatoms. The van der Waals surface area contributed by atoms with Crippen LogP contribution in [0.1, 0.15) is 81.7 Å². The molecule has 1 N–H and O–H groups in total. The van der Waals surface area contributed by atoms with E-state index in [0.717, 1.165) is 44.5 Å². The van der Waals surface area contributed by atoms with Crippen LogP contribution >= 0.6 is 0 Å². The quantitative estimate of drug-likeness (QED) is 0.597. The predicted octanol–water partition coefficient (Wildman–Crippen LogP) is 4.51. The number of hydrogen-bond acceptors (Lipinski definition) is 6. The molecule has 1 atom stereocenters.